The zero-order chi connectivity index (χ0) is 24.3. The van der Waals surface area contributed by atoms with Crippen LogP contribution in [-0.4, -0.2) is 33.8 Å². The van der Waals surface area contributed by atoms with E-state index in [2.05, 4.69) is 53.4 Å². The molecule has 3 unspecified atom stereocenters. The van der Waals surface area contributed by atoms with Gasteiger partial charge in [0.1, 0.15) is 5.82 Å². The summed E-state index contributed by atoms with van der Waals surface area (Å²) in [4.78, 5) is 32.5. The molecule has 2 aliphatic carbocycles. The number of carbonyl (C=O) groups is 2. The number of halogens is 1. The molecule has 3 heterocycles. The van der Waals surface area contributed by atoms with E-state index in [1.807, 2.05) is 0 Å². The normalized spacial score (nSPS) is 27.9. The number of carbonyl (C=O) groups excluding carboxylic acids is 2. The fourth-order valence-corrected chi connectivity index (χ4v) is 7.37. The number of piperidine rings is 2. The number of fused-ring (bicyclic) bond motifs is 1. The Balaban J connectivity index is 1.18. The standard InChI is InChI=1S/C29H32FN3O2/c1-17-4-3-5-25-27(17)24(16-31-25)18(2)10-26(34)33-22-11-19-12-23(33)15-29(13-19,14-22)28(35)32-21-8-6-20(30)7-9-21/h3-9,16,18-19,22-23,31H,10-15H2,1-2H3,(H,32,35). The first-order valence-corrected chi connectivity index (χ1v) is 12.8. The number of aromatic amines is 1. The van der Waals surface area contributed by atoms with Crippen molar-refractivity contribution in [2.75, 3.05) is 5.32 Å². The van der Waals surface area contributed by atoms with Crippen molar-refractivity contribution >= 4 is 28.4 Å². The predicted molar refractivity (Wildman–Crippen MR) is 135 cm³/mol. The van der Waals surface area contributed by atoms with Gasteiger partial charge in [-0.25, -0.2) is 4.39 Å². The average Bonchev–Trinajstić information content (AvgIpc) is 3.26. The van der Waals surface area contributed by atoms with Gasteiger partial charge in [0.15, 0.2) is 0 Å². The minimum atomic E-state index is -0.429. The number of benzene rings is 2. The molecule has 2 aromatic carbocycles. The maximum atomic E-state index is 13.6. The maximum Gasteiger partial charge on any atom is 0.230 e. The lowest BCUT2D eigenvalue weighted by Gasteiger charge is -2.60. The minimum absolute atomic E-state index is 0.0262. The van der Waals surface area contributed by atoms with Gasteiger partial charge in [-0.3, -0.25) is 9.59 Å². The van der Waals surface area contributed by atoms with Gasteiger partial charge in [0.25, 0.3) is 0 Å². The first-order chi connectivity index (χ1) is 16.8. The van der Waals surface area contributed by atoms with Crippen LogP contribution >= 0.6 is 0 Å². The highest BCUT2D eigenvalue weighted by molar-refractivity contribution is 5.96. The number of hydrogen-bond acceptors (Lipinski definition) is 2. The van der Waals surface area contributed by atoms with Gasteiger partial charge in [0.05, 0.1) is 5.41 Å². The zero-order valence-corrected chi connectivity index (χ0v) is 20.3. The van der Waals surface area contributed by atoms with Crippen LogP contribution in [0, 0.1) is 24.1 Å². The van der Waals surface area contributed by atoms with Gasteiger partial charge in [-0.1, -0.05) is 19.1 Å². The van der Waals surface area contributed by atoms with Crippen LogP contribution in [0.2, 0.25) is 0 Å². The van der Waals surface area contributed by atoms with Crippen molar-refractivity contribution in [1.82, 2.24) is 9.88 Å². The van der Waals surface area contributed by atoms with Crippen LogP contribution in [0.5, 0.6) is 0 Å². The van der Waals surface area contributed by atoms with E-state index in [0.29, 0.717) is 18.0 Å². The molecule has 7 rings (SSSR count). The largest absolute Gasteiger partial charge is 0.361 e. The second-order valence-corrected chi connectivity index (χ2v) is 11.1. The maximum absolute atomic E-state index is 13.6. The topological polar surface area (TPSA) is 65.2 Å². The Morgan fingerprint density at radius 3 is 2.54 bits per heavy atom. The number of rotatable bonds is 5. The summed E-state index contributed by atoms with van der Waals surface area (Å²) in [7, 11) is 0. The molecule has 3 atom stereocenters. The van der Waals surface area contributed by atoms with E-state index in [0.717, 1.165) is 37.6 Å². The van der Waals surface area contributed by atoms with Gasteiger partial charge in [-0.2, -0.15) is 0 Å². The highest BCUT2D eigenvalue weighted by Gasteiger charge is 2.58. The molecule has 2 saturated heterocycles. The summed E-state index contributed by atoms with van der Waals surface area (Å²) in [6, 6.07) is 12.5. The van der Waals surface area contributed by atoms with E-state index in [1.165, 1.54) is 28.6 Å². The molecule has 4 fully saturated rings. The van der Waals surface area contributed by atoms with Gasteiger partial charge in [0.2, 0.25) is 11.8 Å². The number of H-pyrrole nitrogens is 1. The molecule has 1 aromatic heterocycles. The highest BCUT2D eigenvalue weighted by atomic mass is 19.1. The summed E-state index contributed by atoms with van der Waals surface area (Å²) in [5, 5.41) is 4.26. The quantitative estimate of drug-likeness (QED) is 0.484. The Kier molecular flexibility index (Phi) is 5.24. The second kappa shape index (κ2) is 8.21. The van der Waals surface area contributed by atoms with Crippen LogP contribution in [0.25, 0.3) is 10.9 Å². The first-order valence-electron chi connectivity index (χ1n) is 12.8. The number of nitrogens with one attached hydrogen (secondary N) is 2. The smallest absolute Gasteiger partial charge is 0.230 e. The predicted octanol–water partition coefficient (Wildman–Crippen LogP) is 5.91. The molecule has 2 saturated carbocycles. The van der Waals surface area contributed by atoms with E-state index in [4.69, 9.17) is 0 Å². The van der Waals surface area contributed by atoms with Crippen LogP contribution in [0.1, 0.15) is 62.5 Å². The Morgan fingerprint density at radius 2 is 1.83 bits per heavy atom. The van der Waals surface area contributed by atoms with Crippen LogP contribution in [-0.2, 0) is 9.59 Å². The summed E-state index contributed by atoms with van der Waals surface area (Å²) in [5.41, 5.74) is 3.74. The van der Waals surface area contributed by atoms with Gasteiger partial charge in [-0.05, 0) is 92.3 Å². The molecule has 3 aromatic rings. The zero-order valence-electron chi connectivity index (χ0n) is 20.3. The van der Waals surface area contributed by atoms with Gasteiger partial charge in [0, 0.05) is 41.3 Å². The number of anilines is 1. The molecular formula is C29H32FN3O2. The SMILES string of the molecule is Cc1cccc2[nH]cc(C(C)CC(=O)N3C4CC5CC3CC(C(=O)Nc3ccc(F)cc3)(C5)C4)c12. The molecule has 4 bridgehead atoms. The second-order valence-electron chi connectivity index (χ2n) is 11.1. The number of amides is 2. The molecule has 5 nitrogen and oxygen atoms in total. The number of hydrogen-bond donors (Lipinski definition) is 2. The fourth-order valence-electron chi connectivity index (χ4n) is 7.37. The summed E-state index contributed by atoms with van der Waals surface area (Å²) >= 11 is 0. The molecule has 0 spiro atoms. The van der Waals surface area contributed by atoms with E-state index in [9.17, 15) is 14.0 Å². The van der Waals surface area contributed by atoms with Crippen LogP contribution in [0.3, 0.4) is 0 Å². The Bertz CT molecular complexity index is 1280. The van der Waals surface area contributed by atoms with Crippen molar-refractivity contribution in [2.45, 2.75) is 70.4 Å². The lowest BCUT2D eigenvalue weighted by Crippen LogP contribution is -2.65. The number of nitrogens with zero attached hydrogens (tertiary/aromatic N) is 1. The van der Waals surface area contributed by atoms with Crippen molar-refractivity contribution in [3.8, 4) is 0 Å². The number of aryl methyl sites for hydroxylation is 1. The van der Waals surface area contributed by atoms with E-state index in [-0.39, 0.29) is 35.6 Å². The highest BCUT2D eigenvalue weighted by Crippen LogP contribution is 2.56. The average molecular weight is 474 g/mol. The third-order valence-corrected chi connectivity index (χ3v) is 8.76. The van der Waals surface area contributed by atoms with Crippen molar-refractivity contribution in [3.05, 3.63) is 65.6 Å². The summed E-state index contributed by atoms with van der Waals surface area (Å²) in [6.45, 7) is 4.26. The molecule has 2 aliphatic heterocycles. The number of aromatic nitrogens is 1. The van der Waals surface area contributed by atoms with Crippen LogP contribution in [0.15, 0.2) is 48.7 Å². The van der Waals surface area contributed by atoms with E-state index < -0.39 is 5.41 Å². The molecule has 4 aliphatic rings. The Hall–Kier alpha value is -3.15. The van der Waals surface area contributed by atoms with E-state index >= 15 is 0 Å². The third kappa shape index (κ3) is 3.74. The lowest BCUT2D eigenvalue weighted by molar-refractivity contribution is -0.165. The first kappa shape index (κ1) is 22.3. The third-order valence-electron chi connectivity index (χ3n) is 8.76. The Labute approximate surface area is 205 Å². The van der Waals surface area contributed by atoms with E-state index in [1.54, 1.807) is 12.1 Å². The van der Waals surface area contributed by atoms with Gasteiger partial charge < -0.3 is 15.2 Å². The Morgan fingerprint density at radius 1 is 1.11 bits per heavy atom. The molecule has 182 valence electrons. The minimum Gasteiger partial charge on any atom is -0.361 e. The lowest BCUT2D eigenvalue weighted by atomic mass is 9.55. The van der Waals surface area contributed by atoms with Crippen LogP contribution in [0.4, 0.5) is 10.1 Å². The van der Waals surface area contributed by atoms with Crippen molar-refractivity contribution in [2.24, 2.45) is 11.3 Å². The molecule has 35 heavy (non-hydrogen) atoms. The molecule has 2 N–H and O–H groups in total. The van der Waals surface area contributed by atoms with Crippen LogP contribution < -0.4 is 5.32 Å². The van der Waals surface area contributed by atoms with Gasteiger partial charge in [-0.15, -0.1) is 0 Å². The summed E-state index contributed by atoms with van der Waals surface area (Å²) < 4.78 is 13.3. The van der Waals surface area contributed by atoms with Gasteiger partial charge >= 0.3 is 0 Å². The summed E-state index contributed by atoms with van der Waals surface area (Å²) in [6.07, 6.45) is 6.85. The van der Waals surface area contributed by atoms with Crippen molar-refractivity contribution in [3.63, 3.8) is 0 Å². The molecule has 0 radical (unpaired) electrons. The monoisotopic (exact) mass is 473 g/mol. The van der Waals surface area contributed by atoms with Crippen molar-refractivity contribution < 1.29 is 14.0 Å². The van der Waals surface area contributed by atoms with Crippen molar-refractivity contribution in [1.29, 1.82) is 0 Å². The molecular weight excluding hydrogens is 441 g/mol. The molecule has 6 heteroatoms. The summed E-state index contributed by atoms with van der Waals surface area (Å²) in [5.74, 6) is 0.528. The molecule has 2 amide bonds. The fraction of sp³-hybridized carbons (Fsp3) is 0.448.